The number of ether oxygens (including phenoxy) is 1. The Morgan fingerprint density at radius 3 is 2.39 bits per heavy atom. The monoisotopic (exact) mass is 253 g/mol. The number of hydrogen-bond acceptors (Lipinski definition) is 2. The SMILES string of the molecule is CC(C)C1CCCCC1NCCOC1CCCC1. The highest BCUT2D eigenvalue weighted by Crippen LogP contribution is 2.30. The zero-order valence-corrected chi connectivity index (χ0v) is 12.3. The predicted octanol–water partition coefficient (Wildman–Crippen LogP) is 3.75. The largest absolute Gasteiger partial charge is 0.377 e. The van der Waals surface area contributed by atoms with Crippen LogP contribution in [0.2, 0.25) is 0 Å². The van der Waals surface area contributed by atoms with Crippen molar-refractivity contribution in [2.24, 2.45) is 11.8 Å². The van der Waals surface area contributed by atoms with E-state index in [0.717, 1.165) is 31.0 Å². The summed E-state index contributed by atoms with van der Waals surface area (Å²) in [4.78, 5) is 0. The molecule has 0 saturated heterocycles. The molecule has 2 heteroatoms. The van der Waals surface area contributed by atoms with Crippen molar-refractivity contribution in [2.75, 3.05) is 13.2 Å². The van der Waals surface area contributed by atoms with Crippen LogP contribution in [0.15, 0.2) is 0 Å². The van der Waals surface area contributed by atoms with E-state index < -0.39 is 0 Å². The average molecular weight is 253 g/mol. The van der Waals surface area contributed by atoms with E-state index in [1.165, 1.54) is 51.4 Å². The fourth-order valence-corrected chi connectivity index (χ4v) is 3.74. The molecule has 0 radical (unpaired) electrons. The Balaban J connectivity index is 1.61. The Kier molecular flexibility index (Phi) is 5.97. The van der Waals surface area contributed by atoms with Crippen LogP contribution in [-0.4, -0.2) is 25.3 Å². The topological polar surface area (TPSA) is 21.3 Å². The molecule has 2 fully saturated rings. The van der Waals surface area contributed by atoms with Crippen LogP contribution < -0.4 is 5.32 Å². The molecule has 2 rings (SSSR count). The molecule has 0 bridgehead atoms. The minimum absolute atomic E-state index is 0.569. The van der Waals surface area contributed by atoms with Gasteiger partial charge in [0.05, 0.1) is 12.7 Å². The van der Waals surface area contributed by atoms with Crippen molar-refractivity contribution in [3.63, 3.8) is 0 Å². The Hall–Kier alpha value is -0.0800. The van der Waals surface area contributed by atoms with Crippen molar-refractivity contribution < 1.29 is 4.74 Å². The molecule has 0 aromatic rings. The molecule has 2 unspecified atom stereocenters. The second-order valence-electron chi connectivity index (χ2n) is 6.53. The van der Waals surface area contributed by atoms with Crippen molar-refractivity contribution in [1.29, 1.82) is 0 Å². The van der Waals surface area contributed by atoms with Crippen molar-refractivity contribution in [3.05, 3.63) is 0 Å². The van der Waals surface area contributed by atoms with Gasteiger partial charge in [0.1, 0.15) is 0 Å². The van der Waals surface area contributed by atoms with Crippen molar-refractivity contribution >= 4 is 0 Å². The molecule has 0 aliphatic heterocycles. The molecule has 2 atom stereocenters. The molecule has 0 spiro atoms. The highest BCUT2D eigenvalue weighted by molar-refractivity contribution is 4.82. The maximum Gasteiger partial charge on any atom is 0.0594 e. The van der Waals surface area contributed by atoms with Gasteiger partial charge in [-0.25, -0.2) is 0 Å². The molecule has 106 valence electrons. The molecule has 18 heavy (non-hydrogen) atoms. The Labute approximate surface area is 113 Å². The van der Waals surface area contributed by atoms with Crippen molar-refractivity contribution in [1.82, 2.24) is 5.32 Å². The van der Waals surface area contributed by atoms with Crippen LogP contribution in [-0.2, 0) is 4.74 Å². The van der Waals surface area contributed by atoms with Crippen LogP contribution >= 0.6 is 0 Å². The first-order valence-electron chi connectivity index (χ1n) is 8.12. The standard InChI is InChI=1S/C16H31NO/c1-13(2)15-9-5-6-10-16(15)17-11-12-18-14-7-3-4-8-14/h13-17H,3-12H2,1-2H3. The van der Waals surface area contributed by atoms with Gasteiger partial charge in [-0.1, -0.05) is 39.5 Å². The van der Waals surface area contributed by atoms with Crippen LogP contribution in [0.3, 0.4) is 0 Å². The average Bonchev–Trinajstić information content (AvgIpc) is 2.88. The van der Waals surface area contributed by atoms with Crippen molar-refractivity contribution in [3.8, 4) is 0 Å². The van der Waals surface area contributed by atoms with E-state index in [-0.39, 0.29) is 0 Å². The van der Waals surface area contributed by atoms with Crippen LogP contribution in [0.1, 0.15) is 65.2 Å². The minimum Gasteiger partial charge on any atom is -0.377 e. The summed E-state index contributed by atoms with van der Waals surface area (Å²) < 4.78 is 5.93. The quantitative estimate of drug-likeness (QED) is 0.728. The fourth-order valence-electron chi connectivity index (χ4n) is 3.74. The number of nitrogens with one attached hydrogen (secondary N) is 1. The van der Waals surface area contributed by atoms with Gasteiger partial charge in [-0.3, -0.25) is 0 Å². The molecular formula is C16H31NO. The molecular weight excluding hydrogens is 222 g/mol. The summed E-state index contributed by atoms with van der Waals surface area (Å²) in [6.07, 6.45) is 11.5. The van der Waals surface area contributed by atoms with E-state index in [4.69, 9.17) is 4.74 Å². The lowest BCUT2D eigenvalue weighted by Gasteiger charge is -2.35. The van der Waals surface area contributed by atoms with Crippen LogP contribution in [0, 0.1) is 11.8 Å². The molecule has 0 amide bonds. The normalized spacial score (nSPS) is 30.2. The summed E-state index contributed by atoms with van der Waals surface area (Å²) >= 11 is 0. The molecule has 0 aromatic heterocycles. The fraction of sp³-hybridized carbons (Fsp3) is 1.00. The first-order valence-corrected chi connectivity index (χ1v) is 8.12. The van der Waals surface area contributed by atoms with Gasteiger partial charge in [-0.15, -0.1) is 0 Å². The van der Waals surface area contributed by atoms with Crippen molar-refractivity contribution in [2.45, 2.75) is 77.4 Å². The van der Waals surface area contributed by atoms with Gasteiger partial charge in [-0.2, -0.15) is 0 Å². The van der Waals surface area contributed by atoms with Crippen LogP contribution in [0.4, 0.5) is 0 Å². The first kappa shape index (κ1) is 14.3. The minimum atomic E-state index is 0.569. The molecule has 2 saturated carbocycles. The summed E-state index contributed by atoms with van der Waals surface area (Å²) in [5.41, 5.74) is 0. The second-order valence-corrected chi connectivity index (χ2v) is 6.53. The highest BCUT2D eigenvalue weighted by Gasteiger charge is 2.26. The molecule has 0 heterocycles. The molecule has 2 aliphatic carbocycles. The van der Waals surface area contributed by atoms with Crippen LogP contribution in [0.5, 0.6) is 0 Å². The smallest absolute Gasteiger partial charge is 0.0594 e. The van der Waals surface area contributed by atoms with Gasteiger partial charge in [0, 0.05) is 12.6 Å². The maximum atomic E-state index is 5.93. The molecule has 1 N–H and O–H groups in total. The Morgan fingerprint density at radius 2 is 1.67 bits per heavy atom. The van der Waals surface area contributed by atoms with E-state index in [1.54, 1.807) is 0 Å². The van der Waals surface area contributed by atoms with E-state index in [0.29, 0.717) is 6.10 Å². The van der Waals surface area contributed by atoms with E-state index in [1.807, 2.05) is 0 Å². The van der Waals surface area contributed by atoms with Gasteiger partial charge < -0.3 is 10.1 Å². The van der Waals surface area contributed by atoms with E-state index in [2.05, 4.69) is 19.2 Å². The van der Waals surface area contributed by atoms with Crippen LogP contribution in [0.25, 0.3) is 0 Å². The predicted molar refractivity (Wildman–Crippen MR) is 76.8 cm³/mol. The third kappa shape index (κ3) is 4.24. The third-order valence-corrected chi connectivity index (χ3v) is 4.84. The summed E-state index contributed by atoms with van der Waals surface area (Å²) in [5, 5.41) is 3.75. The van der Waals surface area contributed by atoms with Gasteiger partial charge in [0.2, 0.25) is 0 Å². The molecule has 0 aromatic carbocycles. The Morgan fingerprint density at radius 1 is 1.00 bits per heavy atom. The van der Waals surface area contributed by atoms with Gasteiger partial charge in [0.15, 0.2) is 0 Å². The lowest BCUT2D eigenvalue weighted by molar-refractivity contribution is 0.0559. The lowest BCUT2D eigenvalue weighted by atomic mass is 9.78. The maximum absolute atomic E-state index is 5.93. The lowest BCUT2D eigenvalue weighted by Crippen LogP contribution is -2.42. The summed E-state index contributed by atoms with van der Waals surface area (Å²) in [5.74, 6) is 1.70. The zero-order valence-electron chi connectivity index (χ0n) is 12.3. The summed E-state index contributed by atoms with van der Waals surface area (Å²) in [7, 11) is 0. The summed E-state index contributed by atoms with van der Waals surface area (Å²) in [6.45, 7) is 6.70. The number of rotatable bonds is 6. The highest BCUT2D eigenvalue weighted by atomic mass is 16.5. The van der Waals surface area contributed by atoms with Gasteiger partial charge in [0.25, 0.3) is 0 Å². The zero-order chi connectivity index (χ0) is 12.8. The van der Waals surface area contributed by atoms with Gasteiger partial charge >= 0.3 is 0 Å². The first-order chi connectivity index (χ1) is 8.77. The third-order valence-electron chi connectivity index (χ3n) is 4.84. The Bertz CT molecular complexity index is 223. The summed E-state index contributed by atoms with van der Waals surface area (Å²) in [6, 6.07) is 0.742. The molecule has 2 aliphatic rings. The molecule has 2 nitrogen and oxygen atoms in total. The number of hydrogen-bond donors (Lipinski definition) is 1. The van der Waals surface area contributed by atoms with Gasteiger partial charge in [-0.05, 0) is 37.5 Å². The second kappa shape index (κ2) is 7.49. The van der Waals surface area contributed by atoms with E-state index >= 15 is 0 Å². The van der Waals surface area contributed by atoms with E-state index in [9.17, 15) is 0 Å².